The van der Waals surface area contributed by atoms with Crippen molar-refractivity contribution < 1.29 is 14.5 Å². The number of rotatable bonds is 6. The zero-order chi connectivity index (χ0) is 19.2. The van der Waals surface area contributed by atoms with Crippen LogP contribution in [-0.2, 0) is 11.2 Å². The second-order valence-electron chi connectivity index (χ2n) is 5.79. The van der Waals surface area contributed by atoms with Gasteiger partial charge in [-0.05, 0) is 22.4 Å². The third kappa shape index (κ3) is 4.27. The molecule has 136 valence electrons. The number of carbonyl (C=O) groups is 1. The number of methoxy groups -OCH3 is 1. The monoisotopic (exact) mass is 363 g/mol. The van der Waals surface area contributed by atoms with Crippen LogP contribution >= 0.6 is 0 Å². The van der Waals surface area contributed by atoms with E-state index in [-0.39, 0.29) is 18.0 Å². The molecule has 0 heterocycles. The highest BCUT2D eigenvalue weighted by molar-refractivity contribution is 5.91. The minimum absolute atomic E-state index is 0.0840. The van der Waals surface area contributed by atoms with Gasteiger partial charge in [0, 0.05) is 17.7 Å². The van der Waals surface area contributed by atoms with E-state index >= 15 is 0 Å². The first-order valence-electron chi connectivity index (χ1n) is 8.19. The van der Waals surface area contributed by atoms with E-state index in [0.29, 0.717) is 11.3 Å². The van der Waals surface area contributed by atoms with Gasteiger partial charge >= 0.3 is 0 Å². The minimum Gasteiger partial charge on any atom is -0.496 e. The van der Waals surface area contributed by atoms with Gasteiger partial charge in [-0.1, -0.05) is 42.5 Å². The van der Waals surface area contributed by atoms with Crippen LogP contribution in [0.2, 0.25) is 0 Å². The Balaban J connectivity index is 1.72. The third-order valence-corrected chi connectivity index (χ3v) is 4.05. The Bertz CT molecular complexity index is 1030. The molecule has 27 heavy (non-hydrogen) atoms. The fourth-order valence-corrected chi connectivity index (χ4v) is 2.77. The molecule has 0 aliphatic heterocycles. The summed E-state index contributed by atoms with van der Waals surface area (Å²) in [5.74, 6) is 0.139. The normalized spacial score (nSPS) is 10.9. The molecule has 0 aliphatic rings. The van der Waals surface area contributed by atoms with E-state index in [1.54, 1.807) is 0 Å². The molecule has 3 aromatic carbocycles. The van der Waals surface area contributed by atoms with Crippen molar-refractivity contribution in [2.24, 2.45) is 5.10 Å². The lowest BCUT2D eigenvalue weighted by Crippen LogP contribution is -2.20. The number of fused-ring (bicyclic) bond motifs is 1. The maximum atomic E-state index is 12.2. The van der Waals surface area contributed by atoms with Gasteiger partial charge in [0.05, 0.1) is 24.7 Å². The van der Waals surface area contributed by atoms with Crippen molar-refractivity contribution in [2.45, 2.75) is 6.42 Å². The van der Waals surface area contributed by atoms with Crippen molar-refractivity contribution in [1.82, 2.24) is 5.43 Å². The Hall–Kier alpha value is -3.74. The zero-order valence-corrected chi connectivity index (χ0v) is 14.6. The highest BCUT2D eigenvalue weighted by atomic mass is 16.6. The maximum Gasteiger partial charge on any atom is 0.270 e. The van der Waals surface area contributed by atoms with Crippen molar-refractivity contribution in [3.8, 4) is 5.75 Å². The van der Waals surface area contributed by atoms with Crippen LogP contribution in [0.5, 0.6) is 5.75 Å². The summed E-state index contributed by atoms with van der Waals surface area (Å²) in [7, 11) is 1.46. The molecule has 0 saturated heterocycles. The maximum absolute atomic E-state index is 12.2. The fraction of sp³-hybridized carbons (Fsp3) is 0.100. The van der Waals surface area contributed by atoms with Crippen LogP contribution in [-0.4, -0.2) is 24.2 Å². The smallest absolute Gasteiger partial charge is 0.270 e. The summed E-state index contributed by atoms with van der Waals surface area (Å²) in [6.07, 6.45) is 1.50. The summed E-state index contributed by atoms with van der Waals surface area (Å²) in [5.41, 5.74) is 3.66. The second-order valence-corrected chi connectivity index (χ2v) is 5.79. The Morgan fingerprint density at radius 1 is 1.19 bits per heavy atom. The Labute approximate surface area is 155 Å². The number of non-ortho nitro benzene ring substituents is 1. The van der Waals surface area contributed by atoms with E-state index in [0.717, 1.165) is 16.3 Å². The number of nitro benzene ring substituents is 1. The molecule has 1 N–H and O–H groups in total. The predicted octanol–water partition coefficient (Wildman–Crippen LogP) is 3.45. The molecule has 3 rings (SSSR count). The number of hydrogen-bond acceptors (Lipinski definition) is 5. The zero-order valence-electron chi connectivity index (χ0n) is 14.6. The summed E-state index contributed by atoms with van der Waals surface area (Å²) in [6.45, 7) is 0. The van der Waals surface area contributed by atoms with Crippen LogP contribution in [0.4, 0.5) is 5.69 Å². The number of amides is 1. The van der Waals surface area contributed by atoms with E-state index in [9.17, 15) is 14.9 Å². The minimum atomic E-state index is -0.504. The first-order valence-corrected chi connectivity index (χ1v) is 8.19. The van der Waals surface area contributed by atoms with Crippen LogP contribution in [0.25, 0.3) is 10.8 Å². The van der Waals surface area contributed by atoms with Gasteiger partial charge in [0.25, 0.3) is 5.69 Å². The van der Waals surface area contributed by atoms with E-state index in [2.05, 4.69) is 10.5 Å². The molecule has 0 radical (unpaired) electrons. The SMILES string of the molecule is COc1ccc([N+](=O)[O-])cc1/C=N\NC(=O)Cc1cccc2ccccc12. The van der Waals surface area contributed by atoms with E-state index in [4.69, 9.17) is 4.74 Å². The molecule has 0 fully saturated rings. The summed E-state index contributed by atoms with van der Waals surface area (Å²) in [4.78, 5) is 22.6. The van der Waals surface area contributed by atoms with Crippen LogP contribution in [0.3, 0.4) is 0 Å². The van der Waals surface area contributed by atoms with Crippen molar-refractivity contribution in [2.75, 3.05) is 7.11 Å². The number of nitrogens with zero attached hydrogens (tertiary/aromatic N) is 2. The highest BCUT2D eigenvalue weighted by Gasteiger charge is 2.10. The molecule has 7 nitrogen and oxygen atoms in total. The van der Waals surface area contributed by atoms with E-state index < -0.39 is 4.92 Å². The van der Waals surface area contributed by atoms with Gasteiger partial charge in [0.15, 0.2) is 0 Å². The fourth-order valence-electron chi connectivity index (χ4n) is 2.77. The Kier molecular flexibility index (Phi) is 5.41. The van der Waals surface area contributed by atoms with Crippen molar-refractivity contribution in [1.29, 1.82) is 0 Å². The number of nitrogens with one attached hydrogen (secondary N) is 1. The van der Waals surface area contributed by atoms with Crippen molar-refractivity contribution >= 4 is 28.6 Å². The van der Waals surface area contributed by atoms with E-state index in [1.807, 2.05) is 42.5 Å². The van der Waals surface area contributed by atoms with Gasteiger partial charge in [-0.2, -0.15) is 5.10 Å². The molecule has 0 aromatic heterocycles. The molecular formula is C20H17N3O4. The topological polar surface area (TPSA) is 93.8 Å². The van der Waals surface area contributed by atoms with Crippen molar-refractivity contribution in [3.63, 3.8) is 0 Å². The van der Waals surface area contributed by atoms with Gasteiger partial charge in [0.1, 0.15) is 5.75 Å². The van der Waals surface area contributed by atoms with Gasteiger partial charge in [-0.25, -0.2) is 5.43 Å². The predicted molar refractivity (Wildman–Crippen MR) is 103 cm³/mol. The van der Waals surface area contributed by atoms with Crippen LogP contribution in [0.1, 0.15) is 11.1 Å². The Morgan fingerprint density at radius 2 is 1.96 bits per heavy atom. The first-order chi connectivity index (χ1) is 13.1. The molecule has 1 amide bonds. The van der Waals surface area contributed by atoms with Crippen LogP contribution < -0.4 is 10.2 Å². The number of nitro groups is 1. The van der Waals surface area contributed by atoms with Crippen LogP contribution in [0.15, 0.2) is 65.8 Å². The summed E-state index contributed by atoms with van der Waals surface area (Å²) in [5, 5.41) is 16.9. The molecule has 0 bridgehead atoms. The summed E-state index contributed by atoms with van der Waals surface area (Å²) in [6, 6.07) is 17.8. The number of hydrazone groups is 1. The van der Waals surface area contributed by atoms with Crippen LogP contribution in [0, 0.1) is 10.1 Å². The summed E-state index contributed by atoms with van der Waals surface area (Å²) >= 11 is 0. The number of ether oxygens (including phenoxy) is 1. The van der Waals surface area contributed by atoms with Gasteiger partial charge in [-0.15, -0.1) is 0 Å². The summed E-state index contributed by atoms with van der Waals surface area (Å²) < 4.78 is 5.15. The molecule has 0 saturated carbocycles. The molecule has 7 heteroatoms. The highest BCUT2D eigenvalue weighted by Crippen LogP contribution is 2.22. The van der Waals surface area contributed by atoms with Crippen molar-refractivity contribution in [3.05, 3.63) is 81.9 Å². The lowest BCUT2D eigenvalue weighted by atomic mass is 10.0. The standard InChI is InChI=1S/C20H17N3O4/c1-27-19-10-9-17(23(25)26)11-16(19)13-21-22-20(24)12-15-7-4-6-14-5-2-3-8-18(14)15/h2-11,13H,12H2,1H3,(H,22,24)/b21-13-. The molecule has 3 aromatic rings. The molecular weight excluding hydrogens is 346 g/mol. The number of hydrogen-bond donors (Lipinski definition) is 1. The van der Waals surface area contributed by atoms with E-state index in [1.165, 1.54) is 31.5 Å². The molecule has 0 aliphatic carbocycles. The third-order valence-electron chi connectivity index (χ3n) is 4.05. The van der Waals surface area contributed by atoms with Gasteiger partial charge in [0.2, 0.25) is 5.91 Å². The Morgan fingerprint density at radius 3 is 2.74 bits per heavy atom. The average molecular weight is 363 g/mol. The molecule has 0 unspecified atom stereocenters. The van der Waals surface area contributed by atoms with Gasteiger partial charge < -0.3 is 4.74 Å². The quantitative estimate of drug-likeness (QED) is 0.412. The average Bonchev–Trinajstić information content (AvgIpc) is 2.68. The molecule has 0 spiro atoms. The first kappa shape index (κ1) is 18.1. The molecule has 0 atom stereocenters. The lowest BCUT2D eigenvalue weighted by Gasteiger charge is -2.06. The number of benzene rings is 3. The lowest BCUT2D eigenvalue weighted by molar-refractivity contribution is -0.384. The second kappa shape index (κ2) is 8.09. The largest absolute Gasteiger partial charge is 0.496 e. The van der Waals surface area contributed by atoms with Gasteiger partial charge in [-0.3, -0.25) is 14.9 Å². The number of carbonyl (C=O) groups excluding carboxylic acids is 1.